The summed E-state index contributed by atoms with van der Waals surface area (Å²) in [6, 6.07) is 13.3. The predicted molar refractivity (Wildman–Crippen MR) is 96.5 cm³/mol. The lowest BCUT2D eigenvalue weighted by Crippen LogP contribution is -2.21. The van der Waals surface area contributed by atoms with Crippen molar-refractivity contribution in [2.45, 2.75) is 39.0 Å². The Bertz CT molecular complexity index is 804. The molecule has 4 heteroatoms. The number of hydrogen-bond acceptors (Lipinski definition) is 2. The molecule has 124 valence electrons. The van der Waals surface area contributed by atoms with E-state index in [4.69, 9.17) is 0 Å². The van der Waals surface area contributed by atoms with E-state index in [2.05, 4.69) is 31.4 Å². The first kappa shape index (κ1) is 16.2. The Morgan fingerprint density at radius 2 is 1.83 bits per heavy atom. The molecule has 0 fully saturated rings. The molecule has 0 atom stereocenters. The lowest BCUT2D eigenvalue weighted by atomic mass is 9.86. The summed E-state index contributed by atoms with van der Waals surface area (Å²) < 4.78 is 0. The van der Waals surface area contributed by atoms with Gasteiger partial charge in [-0.05, 0) is 47.2 Å². The van der Waals surface area contributed by atoms with Crippen LogP contribution in [0, 0.1) is 0 Å². The molecule has 0 unspecified atom stereocenters. The van der Waals surface area contributed by atoms with E-state index in [0.29, 0.717) is 18.4 Å². The highest BCUT2D eigenvalue weighted by Gasteiger charge is 2.20. The number of carbonyl (C=O) groups is 2. The number of rotatable bonds is 2. The number of para-hydroxylation sites is 1. The standard InChI is InChI=1S/C20H22N2O2/c1-20(2,3)15-6-4-5-7-17(15)22-19(24)14-8-10-16-13(12-14)9-11-18(23)21-16/h4-8,10,12H,9,11H2,1-3H3,(H,21,23)(H,22,24). The van der Waals surface area contributed by atoms with Crippen LogP contribution >= 0.6 is 0 Å². The van der Waals surface area contributed by atoms with Crippen LogP contribution in [-0.2, 0) is 16.6 Å². The molecule has 0 aromatic heterocycles. The zero-order valence-corrected chi connectivity index (χ0v) is 14.3. The lowest BCUT2D eigenvalue weighted by Gasteiger charge is -2.23. The molecule has 1 heterocycles. The molecule has 1 aliphatic heterocycles. The zero-order valence-electron chi connectivity index (χ0n) is 14.3. The third kappa shape index (κ3) is 3.32. The normalized spacial score (nSPS) is 13.9. The number of nitrogens with one attached hydrogen (secondary N) is 2. The van der Waals surface area contributed by atoms with Gasteiger partial charge in [-0.3, -0.25) is 9.59 Å². The predicted octanol–water partition coefficient (Wildman–Crippen LogP) is 4.12. The molecule has 0 saturated carbocycles. The van der Waals surface area contributed by atoms with Crippen molar-refractivity contribution in [3.05, 3.63) is 59.2 Å². The minimum Gasteiger partial charge on any atom is -0.326 e. The largest absolute Gasteiger partial charge is 0.326 e. The first-order valence-electron chi connectivity index (χ1n) is 8.18. The first-order chi connectivity index (χ1) is 11.3. The molecule has 0 saturated heterocycles. The summed E-state index contributed by atoms with van der Waals surface area (Å²) in [6.07, 6.45) is 1.13. The van der Waals surface area contributed by atoms with Crippen LogP contribution < -0.4 is 10.6 Å². The Hall–Kier alpha value is -2.62. The quantitative estimate of drug-likeness (QED) is 0.874. The summed E-state index contributed by atoms with van der Waals surface area (Å²) in [6.45, 7) is 6.37. The van der Waals surface area contributed by atoms with Crippen molar-refractivity contribution in [1.29, 1.82) is 0 Å². The molecule has 2 N–H and O–H groups in total. The van der Waals surface area contributed by atoms with E-state index in [1.807, 2.05) is 30.3 Å². The first-order valence-corrected chi connectivity index (χ1v) is 8.18. The van der Waals surface area contributed by atoms with Crippen molar-refractivity contribution in [2.75, 3.05) is 10.6 Å². The van der Waals surface area contributed by atoms with Crippen LogP contribution in [0.4, 0.5) is 11.4 Å². The van der Waals surface area contributed by atoms with Gasteiger partial charge >= 0.3 is 0 Å². The average Bonchev–Trinajstić information content (AvgIpc) is 2.53. The zero-order chi connectivity index (χ0) is 17.3. The van der Waals surface area contributed by atoms with Gasteiger partial charge in [-0.2, -0.15) is 0 Å². The summed E-state index contributed by atoms with van der Waals surface area (Å²) in [5.74, 6) is -0.106. The van der Waals surface area contributed by atoms with Crippen LogP contribution in [0.2, 0.25) is 0 Å². The Morgan fingerprint density at radius 3 is 2.58 bits per heavy atom. The lowest BCUT2D eigenvalue weighted by molar-refractivity contribution is -0.116. The van der Waals surface area contributed by atoms with E-state index in [9.17, 15) is 9.59 Å². The molecule has 1 aliphatic rings. The Kier molecular flexibility index (Phi) is 4.14. The van der Waals surface area contributed by atoms with Crippen LogP contribution in [0.3, 0.4) is 0 Å². The highest BCUT2D eigenvalue weighted by atomic mass is 16.2. The van der Waals surface area contributed by atoms with E-state index < -0.39 is 0 Å². The number of aryl methyl sites for hydroxylation is 1. The average molecular weight is 322 g/mol. The summed E-state index contributed by atoms with van der Waals surface area (Å²) in [5.41, 5.74) is 4.30. The van der Waals surface area contributed by atoms with Gasteiger partial charge in [-0.15, -0.1) is 0 Å². The second-order valence-corrected chi connectivity index (χ2v) is 7.17. The van der Waals surface area contributed by atoms with Crippen LogP contribution in [0.15, 0.2) is 42.5 Å². The Morgan fingerprint density at radius 1 is 1.08 bits per heavy atom. The Balaban J connectivity index is 1.85. The summed E-state index contributed by atoms with van der Waals surface area (Å²) >= 11 is 0. The maximum absolute atomic E-state index is 12.6. The minimum absolute atomic E-state index is 0.0267. The molecule has 0 aliphatic carbocycles. The highest BCUT2D eigenvalue weighted by molar-refractivity contribution is 6.05. The Labute approximate surface area is 142 Å². The van der Waals surface area contributed by atoms with E-state index in [0.717, 1.165) is 22.5 Å². The van der Waals surface area contributed by atoms with E-state index in [1.165, 1.54) is 0 Å². The van der Waals surface area contributed by atoms with E-state index in [1.54, 1.807) is 12.1 Å². The van der Waals surface area contributed by atoms with Gasteiger partial charge in [0.1, 0.15) is 0 Å². The molecule has 2 aromatic carbocycles. The highest BCUT2D eigenvalue weighted by Crippen LogP contribution is 2.30. The molecule has 3 rings (SSSR count). The molecule has 24 heavy (non-hydrogen) atoms. The van der Waals surface area contributed by atoms with Gasteiger partial charge in [0.15, 0.2) is 0 Å². The molecular formula is C20H22N2O2. The van der Waals surface area contributed by atoms with Crippen molar-refractivity contribution in [3.63, 3.8) is 0 Å². The maximum atomic E-state index is 12.6. The number of benzene rings is 2. The SMILES string of the molecule is CC(C)(C)c1ccccc1NC(=O)c1ccc2c(c1)CCC(=O)N2. The number of anilines is 2. The summed E-state index contributed by atoms with van der Waals surface area (Å²) in [5, 5.41) is 5.86. The van der Waals surface area contributed by atoms with Gasteiger partial charge in [0.25, 0.3) is 5.91 Å². The fraction of sp³-hybridized carbons (Fsp3) is 0.300. The van der Waals surface area contributed by atoms with Crippen molar-refractivity contribution in [2.24, 2.45) is 0 Å². The third-order valence-electron chi connectivity index (χ3n) is 4.25. The van der Waals surface area contributed by atoms with Gasteiger partial charge in [0, 0.05) is 23.4 Å². The summed E-state index contributed by atoms with van der Waals surface area (Å²) in [7, 11) is 0. The third-order valence-corrected chi connectivity index (χ3v) is 4.25. The fourth-order valence-electron chi connectivity index (χ4n) is 2.97. The van der Waals surface area contributed by atoms with Crippen LogP contribution in [0.1, 0.15) is 48.7 Å². The van der Waals surface area contributed by atoms with Gasteiger partial charge in [0.2, 0.25) is 5.91 Å². The van der Waals surface area contributed by atoms with Crippen LogP contribution in [0.5, 0.6) is 0 Å². The van der Waals surface area contributed by atoms with Gasteiger partial charge in [-0.1, -0.05) is 39.0 Å². The van der Waals surface area contributed by atoms with Crippen molar-refractivity contribution in [3.8, 4) is 0 Å². The molecule has 4 nitrogen and oxygen atoms in total. The molecule has 0 radical (unpaired) electrons. The minimum atomic E-state index is -0.133. The molecule has 0 spiro atoms. The monoisotopic (exact) mass is 322 g/mol. The van der Waals surface area contributed by atoms with Crippen molar-refractivity contribution >= 4 is 23.2 Å². The smallest absolute Gasteiger partial charge is 0.255 e. The van der Waals surface area contributed by atoms with Gasteiger partial charge < -0.3 is 10.6 Å². The van der Waals surface area contributed by atoms with Gasteiger partial charge in [-0.25, -0.2) is 0 Å². The van der Waals surface area contributed by atoms with Crippen molar-refractivity contribution in [1.82, 2.24) is 0 Å². The van der Waals surface area contributed by atoms with Crippen molar-refractivity contribution < 1.29 is 9.59 Å². The number of carbonyl (C=O) groups excluding carboxylic acids is 2. The van der Waals surface area contributed by atoms with Crippen LogP contribution in [-0.4, -0.2) is 11.8 Å². The fourth-order valence-corrected chi connectivity index (χ4v) is 2.97. The molecule has 2 amide bonds. The van der Waals surface area contributed by atoms with Gasteiger partial charge in [0.05, 0.1) is 0 Å². The topological polar surface area (TPSA) is 58.2 Å². The molecule has 2 aromatic rings. The maximum Gasteiger partial charge on any atom is 0.255 e. The number of fused-ring (bicyclic) bond motifs is 1. The second kappa shape index (κ2) is 6.11. The second-order valence-electron chi connectivity index (χ2n) is 7.17. The van der Waals surface area contributed by atoms with E-state index in [-0.39, 0.29) is 17.2 Å². The number of hydrogen-bond donors (Lipinski definition) is 2. The summed E-state index contributed by atoms with van der Waals surface area (Å²) in [4.78, 5) is 24.1. The molecule has 0 bridgehead atoms. The molecular weight excluding hydrogens is 300 g/mol. The van der Waals surface area contributed by atoms with E-state index >= 15 is 0 Å². The van der Waals surface area contributed by atoms with Crippen LogP contribution in [0.25, 0.3) is 0 Å². The number of amides is 2.